The molecule has 2 heterocycles. The van der Waals surface area contributed by atoms with Gasteiger partial charge in [-0.2, -0.15) is 11.8 Å². The molecule has 17 heavy (non-hydrogen) atoms. The van der Waals surface area contributed by atoms with E-state index in [0.717, 1.165) is 17.2 Å². The molecule has 0 radical (unpaired) electrons. The average Bonchev–Trinajstić information content (AvgIpc) is 2.30. The van der Waals surface area contributed by atoms with Crippen molar-refractivity contribution in [3.63, 3.8) is 0 Å². The van der Waals surface area contributed by atoms with Gasteiger partial charge in [-0.1, -0.05) is 20.3 Å². The highest BCUT2D eigenvalue weighted by atomic mass is 32.2. The molecule has 2 fully saturated rings. The minimum absolute atomic E-state index is 0.665. The Bertz CT molecular complexity index is 226. The van der Waals surface area contributed by atoms with Crippen molar-refractivity contribution in [2.24, 2.45) is 5.92 Å². The molecule has 0 amide bonds. The summed E-state index contributed by atoms with van der Waals surface area (Å²) in [5, 5.41) is 4.53. The molecule has 0 aliphatic carbocycles. The largest absolute Gasteiger partial charge is 0.311 e. The van der Waals surface area contributed by atoms with Crippen LogP contribution in [0.2, 0.25) is 0 Å². The molecule has 3 heteroatoms. The van der Waals surface area contributed by atoms with E-state index in [0.29, 0.717) is 6.04 Å². The van der Waals surface area contributed by atoms with Gasteiger partial charge in [-0.3, -0.25) is 4.90 Å². The second-order valence-corrected chi connectivity index (χ2v) is 7.47. The predicted octanol–water partition coefficient (Wildman–Crippen LogP) is 2.59. The molecule has 0 saturated carbocycles. The lowest BCUT2D eigenvalue weighted by atomic mass is 9.98. The van der Waals surface area contributed by atoms with Crippen LogP contribution in [0.1, 0.15) is 40.0 Å². The zero-order chi connectivity index (χ0) is 12.3. The van der Waals surface area contributed by atoms with E-state index < -0.39 is 0 Å². The van der Waals surface area contributed by atoms with E-state index in [1.165, 1.54) is 44.6 Å². The average molecular weight is 256 g/mol. The summed E-state index contributed by atoms with van der Waals surface area (Å²) in [4.78, 5) is 2.76. The summed E-state index contributed by atoms with van der Waals surface area (Å²) in [5.74, 6) is 2.15. The van der Waals surface area contributed by atoms with E-state index in [1.807, 2.05) is 0 Å². The Morgan fingerprint density at radius 1 is 1.35 bits per heavy atom. The maximum Gasteiger partial charge on any atom is 0.0244 e. The molecule has 2 aliphatic heterocycles. The van der Waals surface area contributed by atoms with Gasteiger partial charge in [0.25, 0.3) is 0 Å². The molecular formula is C14H28N2S. The number of piperazine rings is 1. The number of hydrogen-bond donors (Lipinski definition) is 1. The van der Waals surface area contributed by atoms with Crippen LogP contribution in [-0.2, 0) is 0 Å². The van der Waals surface area contributed by atoms with E-state index in [-0.39, 0.29) is 0 Å². The number of hydrogen-bond acceptors (Lipinski definition) is 3. The van der Waals surface area contributed by atoms with Gasteiger partial charge in [0.2, 0.25) is 0 Å². The Morgan fingerprint density at radius 3 is 2.82 bits per heavy atom. The van der Waals surface area contributed by atoms with Crippen molar-refractivity contribution in [2.45, 2.75) is 57.4 Å². The first-order chi connectivity index (χ1) is 8.16. The van der Waals surface area contributed by atoms with Crippen LogP contribution in [0.5, 0.6) is 0 Å². The lowest BCUT2D eigenvalue weighted by Crippen LogP contribution is -2.58. The van der Waals surface area contributed by atoms with E-state index >= 15 is 0 Å². The van der Waals surface area contributed by atoms with Crippen LogP contribution in [-0.4, -0.2) is 47.6 Å². The van der Waals surface area contributed by atoms with Crippen LogP contribution in [0.3, 0.4) is 0 Å². The summed E-state index contributed by atoms with van der Waals surface area (Å²) in [7, 11) is 0. The van der Waals surface area contributed by atoms with E-state index in [1.54, 1.807) is 0 Å². The fraction of sp³-hybridized carbons (Fsp3) is 1.00. The molecule has 3 atom stereocenters. The molecule has 0 aromatic rings. The third kappa shape index (κ3) is 3.87. The standard InChI is InChI=1S/C14H28N2S/c1-11(2)14-8-15-12(3)9-16(14)10-13-6-4-5-7-17-13/h11-15H,4-10H2,1-3H3. The normalized spacial score (nSPS) is 36.4. The van der Waals surface area contributed by atoms with Crippen molar-refractivity contribution in [1.82, 2.24) is 10.2 Å². The van der Waals surface area contributed by atoms with E-state index in [9.17, 15) is 0 Å². The maximum absolute atomic E-state index is 3.63. The zero-order valence-corrected chi connectivity index (χ0v) is 12.4. The van der Waals surface area contributed by atoms with Crippen molar-refractivity contribution in [3.05, 3.63) is 0 Å². The molecule has 0 aromatic heterocycles. The Kier molecular flexibility index (Phi) is 5.19. The van der Waals surface area contributed by atoms with E-state index in [2.05, 4.69) is 42.7 Å². The molecule has 1 N–H and O–H groups in total. The molecule has 2 rings (SSSR count). The van der Waals surface area contributed by atoms with Crippen molar-refractivity contribution in [2.75, 3.05) is 25.4 Å². The summed E-state index contributed by atoms with van der Waals surface area (Å²) < 4.78 is 0. The second kappa shape index (κ2) is 6.44. The SMILES string of the molecule is CC1CN(CC2CCCCS2)C(C(C)C)CN1. The summed E-state index contributed by atoms with van der Waals surface area (Å²) in [5.41, 5.74) is 0. The third-order valence-corrected chi connectivity index (χ3v) is 5.52. The van der Waals surface area contributed by atoms with E-state index in [4.69, 9.17) is 0 Å². The minimum atomic E-state index is 0.665. The topological polar surface area (TPSA) is 15.3 Å². The van der Waals surface area contributed by atoms with Crippen LogP contribution >= 0.6 is 11.8 Å². The molecule has 2 nitrogen and oxygen atoms in total. The van der Waals surface area contributed by atoms with Gasteiger partial charge >= 0.3 is 0 Å². The minimum Gasteiger partial charge on any atom is -0.311 e. The third-order valence-electron chi connectivity index (χ3n) is 4.13. The second-order valence-electron chi connectivity index (χ2n) is 6.06. The smallest absolute Gasteiger partial charge is 0.0244 e. The van der Waals surface area contributed by atoms with Gasteiger partial charge in [0, 0.05) is 37.0 Å². The fourth-order valence-corrected chi connectivity index (χ4v) is 4.42. The zero-order valence-electron chi connectivity index (χ0n) is 11.6. The fourth-order valence-electron chi connectivity index (χ4n) is 3.08. The van der Waals surface area contributed by atoms with Crippen molar-refractivity contribution >= 4 is 11.8 Å². The summed E-state index contributed by atoms with van der Waals surface area (Å²) in [6.07, 6.45) is 4.33. The first-order valence-electron chi connectivity index (χ1n) is 7.26. The molecule has 0 bridgehead atoms. The van der Waals surface area contributed by atoms with Gasteiger partial charge in [0.05, 0.1) is 0 Å². The lowest BCUT2D eigenvalue weighted by Gasteiger charge is -2.43. The molecule has 0 aromatic carbocycles. The first-order valence-corrected chi connectivity index (χ1v) is 8.30. The highest BCUT2D eigenvalue weighted by Gasteiger charge is 2.30. The van der Waals surface area contributed by atoms with Gasteiger partial charge < -0.3 is 5.32 Å². The van der Waals surface area contributed by atoms with Crippen LogP contribution in [0.4, 0.5) is 0 Å². The molecular weight excluding hydrogens is 228 g/mol. The van der Waals surface area contributed by atoms with Gasteiger partial charge in [-0.25, -0.2) is 0 Å². The molecule has 2 aliphatic rings. The number of nitrogens with zero attached hydrogens (tertiary/aromatic N) is 1. The lowest BCUT2D eigenvalue weighted by molar-refractivity contribution is 0.102. The van der Waals surface area contributed by atoms with Crippen LogP contribution < -0.4 is 5.32 Å². The Morgan fingerprint density at radius 2 is 2.18 bits per heavy atom. The summed E-state index contributed by atoms with van der Waals surface area (Å²) >= 11 is 2.21. The molecule has 100 valence electrons. The Balaban J connectivity index is 1.89. The number of rotatable bonds is 3. The van der Waals surface area contributed by atoms with Crippen molar-refractivity contribution in [1.29, 1.82) is 0 Å². The molecule has 0 spiro atoms. The van der Waals surface area contributed by atoms with Gasteiger partial charge in [-0.15, -0.1) is 0 Å². The number of thioether (sulfide) groups is 1. The number of nitrogens with one attached hydrogen (secondary N) is 1. The van der Waals surface area contributed by atoms with Crippen LogP contribution in [0.25, 0.3) is 0 Å². The van der Waals surface area contributed by atoms with Crippen LogP contribution in [0, 0.1) is 5.92 Å². The van der Waals surface area contributed by atoms with Crippen LogP contribution in [0.15, 0.2) is 0 Å². The summed E-state index contributed by atoms with van der Waals surface area (Å²) in [6, 6.07) is 1.41. The molecule has 2 saturated heterocycles. The Hall–Kier alpha value is 0.270. The van der Waals surface area contributed by atoms with Gasteiger partial charge in [0.15, 0.2) is 0 Å². The first kappa shape index (κ1) is 13.7. The van der Waals surface area contributed by atoms with Crippen molar-refractivity contribution < 1.29 is 0 Å². The maximum atomic E-state index is 3.63. The highest BCUT2D eigenvalue weighted by molar-refractivity contribution is 7.99. The Labute approximate surface area is 111 Å². The van der Waals surface area contributed by atoms with Gasteiger partial charge in [-0.05, 0) is 31.4 Å². The molecule has 3 unspecified atom stereocenters. The highest BCUT2D eigenvalue weighted by Crippen LogP contribution is 2.27. The summed E-state index contributed by atoms with van der Waals surface area (Å²) in [6.45, 7) is 10.8. The van der Waals surface area contributed by atoms with Gasteiger partial charge in [0.1, 0.15) is 0 Å². The quantitative estimate of drug-likeness (QED) is 0.835. The predicted molar refractivity (Wildman–Crippen MR) is 77.8 cm³/mol. The van der Waals surface area contributed by atoms with Crippen molar-refractivity contribution in [3.8, 4) is 0 Å². The monoisotopic (exact) mass is 256 g/mol.